The Labute approximate surface area is 166 Å². The van der Waals surface area contributed by atoms with E-state index in [2.05, 4.69) is 5.10 Å². The van der Waals surface area contributed by atoms with Crippen LogP contribution in [0.25, 0.3) is 16.7 Å². The highest BCUT2D eigenvalue weighted by atomic mass is 35.5. The van der Waals surface area contributed by atoms with Gasteiger partial charge in [0.25, 0.3) is 0 Å². The summed E-state index contributed by atoms with van der Waals surface area (Å²) >= 11 is 6.19. The third kappa shape index (κ3) is 3.78. The molecule has 11 heteroatoms. The van der Waals surface area contributed by atoms with Gasteiger partial charge >= 0.3 is 6.09 Å². The number of nitrogens with one attached hydrogen (secondary N) is 1. The molecule has 0 aliphatic carbocycles. The SMILES string of the molecule is COc1cc2c(ccn2-c2c(CCS(=O)(=O)NC(=O)O)c(C)nn2C)cc1Cl. The van der Waals surface area contributed by atoms with Crippen molar-refractivity contribution >= 4 is 38.6 Å². The van der Waals surface area contributed by atoms with E-state index in [0.717, 1.165) is 10.9 Å². The van der Waals surface area contributed by atoms with Crippen LogP contribution in [0.1, 0.15) is 11.3 Å². The van der Waals surface area contributed by atoms with Crippen LogP contribution < -0.4 is 9.46 Å². The number of halogens is 1. The van der Waals surface area contributed by atoms with Gasteiger partial charge in [-0.05, 0) is 25.5 Å². The minimum Gasteiger partial charge on any atom is -0.495 e. The van der Waals surface area contributed by atoms with Crippen LogP contribution in [0.15, 0.2) is 24.4 Å². The van der Waals surface area contributed by atoms with Crippen LogP contribution in [-0.2, 0) is 23.5 Å². The maximum absolute atomic E-state index is 11.9. The number of fused-ring (bicyclic) bond motifs is 1. The van der Waals surface area contributed by atoms with Crippen LogP contribution in [0.5, 0.6) is 5.75 Å². The number of hydrogen-bond donors (Lipinski definition) is 2. The number of methoxy groups -OCH3 is 1. The molecular formula is C17H19ClN4O5S. The van der Waals surface area contributed by atoms with E-state index < -0.39 is 16.1 Å². The summed E-state index contributed by atoms with van der Waals surface area (Å²) in [5.74, 6) is 0.817. The first kappa shape index (κ1) is 20.0. The normalized spacial score (nSPS) is 11.7. The van der Waals surface area contributed by atoms with E-state index in [1.165, 1.54) is 7.11 Å². The molecule has 0 spiro atoms. The van der Waals surface area contributed by atoms with Gasteiger partial charge in [0.15, 0.2) is 0 Å². The number of amides is 1. The molecule has 28 heavy (non-hydrogen) atoms. The Balaban J connectivity index is 2.07. The number of sulfonamides is 1. The van der Waals surface area contributed by atoms with E-state index in [9.17, 15) is 13.2 Å². The first-order chi connectivity index (χ1) is 13.1. The van der Waals surface area contributed by atoms with Crippen molar-refractivity contribution in [1.29, 1.82) is 0 Å². The molecule has 0 aliphatic rings. The number of benzene rings is 1. The fourth-order valence-corrected chi connectivity index (χ4v) is 4.27. The highest BCUT2D eigenvalue weighted by Gasteiger charge is 2.21. The average molecular weight is 427 g/mol. The van der Waals surface area contributed by atoms with Crippen LogP contribution in [0.4, 0.5) is 4.79 Å². The molecule has 1 aromatic carbocycles. The Morgan fingerprint density at radius 3 is 2.75 bits per heavy atom. The van der Waals surface area contributed by atoms with Crippen molar-refractivity contribution in [3.05, 3.63) is 40.7 Å². The zero-order chi connectivity index (χ0) is 20.6. The molecule has 0 radical (unpaired) electrons. The number of carboxylic acid groups (broad SMARTS) is 1. The van der Waals surface area contributed by atoms with Gasteiger partial charge in [0.2, 0.25) is 10.0 Å². The summed E-state index contributed by atoms with van der Waals surface area (Å²) in [6.45, 7) is 1.78. The van der Waals surface area contributed by atoms with Gasteiger partial charge in [-0.2, -0.15) is 5.10 Å². The highest BCUT2D eigenvalue weighted by Crippen LogP contribution is 2.33. The summed E-state index contributed by atoms with van der Waals surface area (Å²) < 4.78 is 34.2. The van der Waals surface area contributed by atoms with Crippen molar-refractivity contribution < 1.29 is 23.1 Å². The fourth-order valence-electron chi connectivity index (χ4n) is 3.18. The standard InChI is InChI=1S/C17H19ClN4O5S/c1-10-12(5-7-28(25,26)20-17(23)24)16(21(2)19-10)22-6-4-11-8-13(18)15(27-3)9-14(11)22/h4,6,8-9,20H,5,7H2,1-3H3,(H,23,24). The van der Waals surface area contributed by atoms with Gasteiger partial charge in [-0.1, -0.05) is 11.6 Å². The molecule has 0 unspecified atom stereocenters. The molecular weight excluding hydrogens is 408 g/mol. The predicted molar refractivity (Wildman–Crippen MR) is 105 cm³/mol. The lowest BCUT2D eigenvalue weighted by Crippen LogP contribution is -2.31. The van der Waals surface area contributed by atoms with Crippen molar-refractivity contribution in [2.24, 2.45) is 7.05 Å². The third-order valence-corrected chi connectivity index (χ3v) is 5.89. The fraction of sp³-hybridized carbons (Fsp3) is 0.294. The smallest absolute Gasteiger partial charge is 0.418 e. The summed E-state index contributed by atoms with van der Waals surface area (Å²) in [4.78, 5) is 10.7. The molecule has 2 heterocycles. The quantitative estimate of drug-likeness (QED) is 0.625. The molecule has 0 fully saturated rings. The van der Waals surface area contributed by atoms with Gasteiger partial charge in [0.1, 0.15) is 11.6 Å². The van der Waals surface area contributed by atoms with Gasteiger partial charge in [-0.15, -0.1) is 0 Å². The Morgan fingerprint density at radius 1 is 1.39 bits per heavy atom. The lowest BCUT2D eigenvalue weighted by atomic mass is 10.2. The van der Waals surface area contributed by atoms with Crippen LogP contribution in [-0.4, -0.2) is 46.8 Å². The Morgan fingerprint density at radius 2 is 2.11 bits per heavy atom. The average Bonchev–Trinajstić information content (AvgIpc) is 3.10. The minimum atomic E-state index is -3.96. The Hall–Kier alpha value is -2.72. The van der Waals surface area contributed by atoms with E-state index in [1.807, 2.05) is 16.8 Å². The zero-order valence-corrected chi connectivity index (χ0v) is 17.0. The number of carbonyl (C=O) groups is 1. The molecule has 3 rings (SSSR count). The minimum absolute atomic E-state index is 0.0992. The molecule has 2 aromatic heterocycles. The van der Waals surface area contributed by atoms with Gasteiger partial charge in [-0.3, -0.25) is 4.68 Å². The lowest BCUT2D eigenvalue weighted by molar-refractivity contribution is 0.201. The second-order valence-corrected chi connectivity index (χ2v) is 8.47. The van der Waals surface area contributed by atoms with Crippen molar-refractivity contribution in [2.75, 3.05) is 12.9 Å². The molecule has 0 aliphatic heterocycles. The number of hydrogen-bond acceptors (Lipinski definition) is 5. The van der Waals surface area contributed by atoms with Crippen molar-refractivity contribution in [2.45, 2.75) is 13.3 Å². The van der Waals surface area contributed by atoms with Crippen molar-refractivity contribution in [3.8, 4) is 11.6 Å². The summed E-state index contributed by atoms with van der Waals surface area (Å²) in [6.07, 6.45) is 0.329. The van der Waals surface area contributed by atoms with E-state index in [-0.39, 0.29) is 12.2 Å². The predicted octanol–water partition coefficient (Wildman–Crippen LogP) is 2.47. The largest absolute Gasteiger partial charge is 0.495 e. The lowest BCUT2D eigenvalue weighted by Gasteiger charge is -2.11. The van der Waals surface area contributed by atoms with Gasteiger partial charge < -0.3 is 14.4 Å². The number of rotatable bonds is 6. The van der Waals surface area contributed by atoms with Crippen LogP contribution in [0, 0.1) is 6.92 Å². The van der Waals surface area contributed by atoms with Crippen LogP contribution in [0.3, 0.4) is 0 Å². The highest BCUT2D eigenvalue weighted by molar-refractivity contribution is 7.90. The monoisotopic (exact) mass is 426 g/mol. The van der Waals surface area contributed by atoms with Crippen LogP contribution in [0.2, 0.25) is 5.02 Å². The molecule has 0 atom stereocenters. The van der Waals surface area contributed by atoms with E-state index in [4.69, 9.17) is 21.4 Å². The van der Waals surface area contributed by atoms with Gasteiger partial charge in [0, 0.05) is 30.3 Å². The molecule has 3 aromatic rings. The molecule has 150 valence electrons. The molecule has 0 saturated heterocycles. The second-order valence-electron chi connectivity index (χ2n) is 6.22. The molecule has 0 bridgehead atoms. The first-order valence-electron chi connectivity index (χ1n) is 8.24. The maximum Gasteiger partial charge on any atom is 0.418 e. The van der Waals surface area contributed by atoms with E-state index in [1.54, 1.807) is 35.5 Å². The first-order valence-corrected chi connectivity index (χ1v) is 10.3. The molecule has 0 saturated carbocycles. The topological polar surface area (TPSA) is 115 Å². The van der Waals surface area contributed by atoms with Crippen LogP contribution >= 0.6 is 11.6 Å². The maximum atomic E-state index is 11.9. The number of nitrogens with zero attached hydrogens (tertiary/aromatic N) is 3. The summed E-state index contributed by atoms with van der Waals surface area (Å²) in [5.41, 5.74) is 2.17. The van der Waals surface area contributed by atoms with E-state index in [0.29, 0.717) is 27.8 Å². The van der Waals surface area contributed by atoms with E-state index >= 15 is 0 Å². The Bertz CT molecular complexity index is 1170. The summed E-state index contributed by atoms with van der Waals surface area (Å²) in [6, 6.07) is 5.47. The second kappa shape index (κ2) is 7.36. The van der Waals surface area contributed by atoms with Gasteiger partial charge in [0.05, 0.1) is 29.1 Å². The third-order valence-electron chi connectivity index (χ3n) is 4.37. The summed E-state index contributed by atoms with van der Waals surface area (Å²) in [5, 5.41) is 14.4. The number of aryl methyl sites for hydroxylation is 2. The molecule has 1 amide bonds. The van der Waals surface area contributed by atoms with Crippen molar-refractivity contribution in [1.82, 2.24) is 19.1 Å². The Kier molecular flexibility index (Phi) is 5.26. The summed E-state index contributed by atoms with van der Waals surface area (Å²) in [7, 11) is -0.677. The van der Waals surface area contributed by atoms with Gasteiger partial charge in [-0.25, -0.2) is 17.9 Å². The van der Waals surface area contributed by atoms with Crippen molar-refractivity contribution in [3.63, 3.8) is 0 Å². The number of ether oxygens (including phenoxy) is 1. The molecule has 9 nitrogen and oxygen atoms in total. The number of aromatic nitrogens is 3. The zero-order valence-electron chi connectivity index (χ0n) is 15.4. The molecule has 2 N–H and O–H groups in total.